The fraction of sp³-hybridized carbons (Fsp3) is 0.727. The van der Waals surface area contributed by atoms with E-state index in [2.05, 4.69) is 0 Å². The smallest absolute Gasteiger partial charge is 0.453 e. The van der Waals surface area contributed by atoms with Crippen molar-refractivity contribution in [3.63, 3.8) is 0 Å². The van der Waals surface area contributed by atoms with Crippen LogP contribution in [0.1, 0.15) is 19.8 Å². The Morgan fingerprint density at radius 2 is 1.23 bits per heavy atom. The first kappa shape index (κ1) is 24.5. The number of aliphatic carboxylic acids is 1. The van der Waals surface area contributed by atoms with Crippen molar-refractivity contribution in [1.29, 1.82) is 0 Å². The third kappa shape index (κ3) is 5.74. The average molecular weight is 428 g/mol. The maximum atomic E-state index is 12.9. The number of carbonyl (C=O) groups is 1. The molecule has 0 heterocycles. The van der Waals surface area contributed by atoms with E-state index in [0.717, 1.165) is 0 Å². The molecular formula is C11H10F10O4S. The van der Waals surface area contributed by atoms with Gasteiger partial charge in [-0.15, -0.1) is 0 Å². The van der Waals surface area contributed by atoms with Crippen LogP contribution < -0.4 is 0 Å². The number of sulfone groups is 1. The molecular weight excluding hydrogens is 418 g/mol. The van der Waals surface area contributed by atoms with Gasteiger partial charge in [-0.2, -0.15) is 43.9 Å². The van der Waals surface area contributed by atoms with Crippen molar-refractivity contribution < 1.29 is 62.2 Å². The SMILES string of the molecule is CC(CC(F)(F)C(F)(F)F)=C(C(=O)O)S(=O)(=O)CCC(F)(F)C(F)(F)F. The molecule has 0 aromatic rings. The van der Waals surface area contributed by atoms with E-state index in [1.807, 2.05) is 0 Å². The molecule has 0 saturated heterocycles. The molecule has 1 N–H and O–H groups in total. The topological polar surface area (TPSA) is 71.4 Å². The summed E-state index contributed by atoms with van der Waals surface area (Å²) in [6.45, 7) is 0.253. The molecule has 0 aromatic carbocycles. The maximum absolute atomic E-state index is 12.9. The Kier molecular flexibility index (Phi) is 6.80. The van der Waals surface area contributed by atoms with E-state index in [-0.39, 0.29) is 6.92 Å². The van der Waals surface area contributed by atoms with Crippen LogP contribution in [0.4, 0.5) is 43.9 Å². The van der Waals surface area contributed by atoms with Gasteiger partial charge in [0.2, 0.25) is 0 Å². The number of rotatable bonds is 7. The molecule has 0 aromatic heterocycles. The zero-order valence-corrected chi connectivity index (χ0v) is 13.3. The summed E-state index contributed by atoms with van der Waals surface area (Å²) in [6.07, 6.45) is -17.2. The Hall–Kier alpha value is -1.54. The van der Waals surface area contributed by atoms with Crippen molar-refractivity contribution in [1.82, 2.24) is 0 Å². The molecule has 0 radical (unpaired) electrons. The van der Waals surface area contributed by atoms with Gasteiger partial charge < -0.3 is 5.11 Å². The van der Waals surface area contributed by atoms with Crippen LogP contribution >= 0.6 is 0 Å². The van der Waals surface area contributed by atoms with E-state index >= 15 is 0 Å². The zero-order chi connectivity index (χ0) is 21.4. The summed E-state index contributed by atoms with van der Waals surface area (Å²) in [7, 11) is -5.53. The van der Waals surface area contributed by atoms with E-state index in [0.29, 0.717) is 0 Å². The van der Waals surface area contributed by atoms with E-state index < -0.39 is 69.1 Å². The lowest BCUT2D eigenvalue weighted by atomic mass is 10.1. The third-order valence-corrected chi connectivity index (χ3v) is 4.78. The summed E-state index contributed by atoms with van der Waals surface area (Å²) in [5.74, 6) is -15.8. The Labute approximate surface area is 139 Å². The summed E-state index contributed by atoms with van der Waals surface area (Å²) in [5, 5.41) is 8.70. The first-order chi connectivity index (χ1) is 11.2. The highest BCUT2D eigenvalue weighted by atomic mass is 32.2. The predicted octanol–water partition coefficient (Wildman–Crippen LogP) is 3.94. The van der Waals surface area contributed by atoms with Crippen molar-refractivity contribution in [3.05, 3.63) is 10.5 Å². The van der Waals surface area contributed by atoms with Crippen LogP contribution in [-0.4, -0.2) is 49.4 Å². The number of hydrogen-bond donors (Lipinski definition) is 1. The summed E-state index contributed by atoms with van der Waals surface area (Å²) in [6, 6.07) is 0. The van der Waals surface area contributed by atoms with Crippen LogP contribution in [0, 0.1) is 0 Å². The van der Waals surface area contributed by atoms with Crippen molar-refractivity contribution in [2.24, 2.45) is 0 Å². The molecule has 0 spiro atoms. The standard InChI is InChI=1S/C11H10F10O4S/c1-5(4-9(14,15)11(19,20)21)6(7(22)23)26(24,25)3-2-8(12,13)10(16,17)18/h2-4H2,1H3,(H,22,23). The summed E-state index contributed by atoms with van der Waals surface area (Å²) in [4.78, 5) is 8.77. The number of carboxylic acid groups (broad SMARTS) is 1. The number of hydrogen-bond acceptors (Lipinski definition) is 3. The lowest BCUT2D eigenvalue weighted by Gasteiger charge is -2.21. The molecule has 0 aliphatic heterocycles. The van der Waals surface area contributed by atoms with Crippen LogP contribution in [-0.2, 0) is 14.6 Å². The normalized spacial score (nSPS) is 15.7. The second kappa shape index (κ2) is 7.23. The molecule has 0 amide bonds. The molecule has 0 atom stereocenters. The molecule has 15 heteroatoms. The Morgan fingerprint density at radius 3 is 1.54 bits per heavy atom. The molecule has 154 valence electrons. The van der Waals surface area contributed by atoms with Gasteiger partial charge in [-0.25, -0.2) is 13.2 Å². The van der Waals surface area contributed by atoms with Crippen molar-refractivity contribution in [2.75, 3.05) is 5.75 Å². The van der Waals surface area contributed by atoms with E-state index in [4.69, 9.17) is 5.11 Å². The fourth-order valence-corrected chi connectivity index (χ4v) is 3.20. The van der Waals surface area contributed by atoms with Gasteiger partial charge >= 0.3 is 30.2 Å². The van der Waals surface area contributed by atoms with Crippen LogP contribution in [0.2, 0.25) is 0 Å². The molecule has 0 rings (SSSR count). The molecule has 0 aliphatic carbocycles. The molecule has 0 unspecified atom stereocenters. The summed E-state index contributed by atoms with van der Waals surface area (Å²) >= 11 is 0. The number of halogens is 10. The van der Waals surface area contributed by atoms with Crippen molar-refractivity contribution in [2.45, 2.75) is 44.0 Å². The Balaban J connectivity index is 5.84. The minimum Gasteiger partial charge on any atom is -0.477 e. The molecule has 0 fully saturated rings. The highest BCUT2D eigenvalue weighted by molar-refractivity contribution is 7.96. The van der Waals surface area contributed by atoms with Crippen LogP contribution in [0.15, 0.2) is 10.5 Å². The van der Waals surface area contributed by atoms with Crippen molar-refractivity contribution in [3.8, 4) is 0 Å². The van der Waals surface area contributed by atoms with Crippen molar-refractivity contribution >= 4 is 15.8 Å². The molecule has 26 heavy (non-hydrogen) atoms. The quantitative estimate of drug-likeness (QED) is 0.493. The molecule has 0 aliphatic rings. The Morgan fingerprint density at radius 1 is 0.846 bits per heavy atom. The van der Waals surface area contributed by atoms with E-state index in [1.54, 1.807) is 0 Å². The number of allylic oxidation sites excluding steroid dienone is 1. The summed E-state index contributed by atoms with van der Waals surface area (Å²) in [5.41, 5.74) is -1.56. The van der Waals surface area contributed by atoms with Crippen LogP contribution in [0.3, 0.4) is 0 Å². The van der Waals surface area contributed by atoms with Gasteiger partial charge in [0.25, 0.3) is 0 Å². The first-order valence-electron chi connectivity index (χ1n) is 6.20. The zero-order valence-electron chi connectivity index (χ0n) is 12.5. The second-order valence-electron chi connectivity index (χ2n) is 5.06. The van der Waals surface area contributed by atoms with Gasteiger partial charge in [-0.1, -0.05) is 0 Å². The van der Waals surface area contributed by atoms with E-state index in [1.165, 1.54) is 0 Å². The first-order valence-corrected chi connectivity index (χ1v) is 7.86. The minimum atomic E-state index is -6.18. The lowest BCUT2D eigenvalue weighted by molar-refractivity contribution is -0.282. The third-order valence-electron chi connectivity index (χ3n) is 2.89. The second-order valence-corrected chi connectivity index (χ2v) is 7.11. The lowest BCUT2D eigenvalue weighted by Crippen LogP contribution is -2.39. The number of carboxylic acids is 1. The maximum Gasteiger partial charge on any atom is 0.453 e. The number of alkyl halides is 10. The largest absolute Gasteiger partial charge is 0.477 e. The van der Waals surface area contributed by atoms with Crippen LogP contribution in [0.5, 0.6) is 0 Å². The van der Waals surface area contributed by atoms with Gasteiger partial charge in [-0.05, 0) is 12.5 Å². The van der Waals surface area contributed by atoms with E-state index in [9.17, 15) is 57.1 Å². The minimum absolute atomic E-state index is 0.253. The molecule has 0 saturated carbocycles. The molecule has 4 nitrogen and oxygen atoms in total. The molecule has 0 bridgehead atoms. The highest BCUT2D eigenvalue weighted by Crippen LogP contribution is 2.41. The Bertz CT molecular complexity index is 672. The van der Waals surface area contributed by atoms with Crippen LogP contribution in [0.25, 0.3) is 0 Å². The average Bonchev–Trinajstić information content (AvgIpc) is 2.32. The predicted molar refractivity (Wildman–Crippen MR) is 65.4 cm³/mol. The monoisotopic (exact) mass is 428 g/mol. The van der Waals surface area contributed by atoms with Gasteiger partial charge in [0, 0.05) is 12.8 Å². The van der Waals surface area contributed by atoms with Gasteiger partial charge in [0.15, 0.2) is 14.7 Å². The van der Waals surface area contributed by atoms with Gasteiger partial charge in [0.1, 0.15) is 0 Å². The summed E-state index contributed by atoms with van der Waals surface area (Å²) < 4.78 is 147. The highest BCUT2D eigenvalue weighted by Gasteiger charge is 2.59. The van der Waals surface area contributed by atoms with Gasteiger partial charge in [0.05, 0.1) is 5.75 Å². The van der Waals surface area contributed by atoms with Gasteiger partial charge in [-0.3, -0.25) is 0 Å². The fourth-order valence-electron chi connectivity index (χ4n) is 1.60.